The Hall–Kier alpha value is -2.21. The Kier molecular flexibility index (Phi) is 4.70. The number of esters is 1. The van der Waals surface area contributed by atoms with E-state index in [1.54, 1.807) is 32.0 Å². The van der Waals surface area contributed by atoms with Crippen molar-refractivity contribution in [1.82, 2.24) is 9.94 Å². The van der Waals surface area contributed by atoms with Crippen molar-refractivity contribution in [2.75, 3.05) is 0 Å². The number of rotatable bonds is 5. The number of carbonyl (C=O) groups is 1. The smallest absolute Gasteiger partial charge is 0.338 e. The van der Waals surface area contributed by atoms with Crippen LogP contribution in [0.25, 0.3) is 0 Å². The van der Waals surface area contributed by atoms with Gasteiger partial charge in [0.05, 0.1) is 17.9 Å². The van der Waals surface area contributed by atoms with Gasteiger partial charge in [-0.05, 0) is 26.0 Å². The lowest BCUT2D eigenvalue weighted by Crippen LogP contribution is -2.14. The summed E-state index contributed by atoms with van der Waals surface area (Å²) in [5.41, 5.74) is 0.858. The zero-order valence-corrected chi connectivity index (χ0v) is 12.4. The summed E-state index contributed by atoms with van der Waals surface area (Å²) in [5, 5.41) is 13.1. The van der Waals surface area contributed by atoms with Crippen molar-refractivity contribution in [1.29, 1.82) is 0 Å². The SMILES string of the molecule is CC(C)OC(=O)c1cccc(Cl)c1COc1ccn(O)n1. The van der Waals surface area contributed by atoms with E-state index < -0.39 is 5.97 Å². The molecular formula is C14H15ClN2O4. The minimum atomic E-state index is -0.459. The molecule has 0 amide bonds. The zero-order chi connectivity index (χ0) is 15.4. The normalized spacial score (nSPS) is 10.7. The van der Waals surface area contributed by atoms with Gasteiger partial charge in [-0.15, -0.1) is 4.85 Å². The second kappa shape index (κ2) is 6.49. The first-order valence-corrected chi connectivity index (χ1v) is 6.71. The number of aromatic nitrogens is 2. The average molecular weight is 311 g/mol. The summed E-state index contributed by atoms with van der Waals surface area (Å²) in [6, 6.07) is 6.45. The molecule has 21 heavy (non-hydrogen) atoms. The molecule has 6 nitrogen and oxygen atoms in total. The molecule has 0 aliphatic rings. The Labute approximate surface area is 126 Å². The van der Waals surface area contributed by atoms with Crippen LogP contribution in [0.1, 0.15) is 29.8 Å². The lowest BCUT2D eigenvalue weighted by Gasteiger charge is -2.13. The van der Waals surface area contributed by atoms with Crippen LogP contribution < -0.4 is 4.74 Å². The molecular weight excluding hydrogens is 296 g/mol. The molecule has 2 aromatic rings. The maximum absolute atomic E-state index is 12.0. The first-order valence-electron chi connectivity index (χ1n) is 6.33. The maximum atomic E-state index is 12.0. The van der Waals surface area contributed by atoms with Crippen molar-refractivity contribution in [3.63, 3.8) is 0 Å². The predicted molar refractivity (Wildman–Crippen MR) is 75.7 cm³/mol. The van der Waals surface area contributed by atoms with Gasteiger partial charge in [0.2, 0.25) is 5.88 Å². The fourth-order valence-electron chi connectivity index (χ4n) is 1.70. The number of ether oxygens (including phenoxy) is 2. The van der Waals surface area contributed by atoms with Crippen LogP contribution in [-0.2, 0) is 11.3 Å². The molecule has 1 aromatic carbocycles. The molecule has 1 N–H and O–H groups in total. The van der Waals surface area contributed by atoms with Gasteiger partial charge in [-0.25, -0.2) is 4.79 Å². The predicted octanol–water partition coefficient (Wildman–Crippen LogP) is 2.92. The minimum absolute atomic E-state index is 0.0409. The van der Waals surface area contributed by atoms with Crippen molar-refractivity contribution in [3.05, 3.63) is 46.6 Å². The summed E-state index contributed by atoms with van der Waals surface area (Å²) in [6.45, 7) is 3.58. The van der Waals surface area contributed by atoms with Gasteiger partial charge < -0.3 is 14.7 Å². The molecule has 0 unspecified atom stereocenters. The van der Waals surface area contributed by atoms with E-state index >= 15 is 0 Å². The van der Waals surface area contributed by atoms with Crippen LogP contribution >= 0.6 is 11.6 Å². The van der Waals surface area contributed by atoms with E-state index in [2.05, 4.69) is 5.10 Å². The van der Waals surface area contributed by atoms with Crippen molar-refractivity contribution in [3.8, 4) is 5.88 Å². The topological polar surface area (TPSA) is 73.6 Å². The highest BCUT2D eigenvalue weighted by Crippen LogP contribution is 2.23. The number of hydrogen-bond acceptors (Lipinski definition) is 5. The van der Waals surface area contributed by atoms with E-state index in [-0.39, 0.29) is 18.6 Å². The maximum Gasteiger partial charge on any atom is 0.338 e. The Balaban J connectivity index is 2.19. The number of nitrogens with zero attached hydrogens (tertiary/aromatic N) is 2. The van der Waals surface area contributed by atoms with Gasteiger partial charge >= 0.3 is 5.97 Å². The van der Waals surface area contributed by atoms with Gasteiger partial charge in [-0.1, -0.05) is 22.8 Å². The van der Waals surface area contributed by atoms with E-state index in [0.29, 0.717) is 21.0 Å². The molecule has 2 rings (SSSR count). The third-order valence-electron chi connectivity index (χ3n) is 2.60. The quantitative estimate of drug-likeness (QED) is 0.679. The second-order valence-electron chi connectivity index (χ2n) is 4.58. The van der Waals surface area contributed by atoms with Gasteiger partial charge in [-0.3, -0.25) is 0 Å². The van der Waals surface area contributed by atoms with Gasteiger partial charge in [0, 0.05) is 16.7 Å². The Bertz CT molecular complexity index is 640. The summed E-state index contributed by atoms with van der Waals surface area (Å²) >= 11 is 6.12. The number of carbonyl (C=O) groups excluding carboxylic acids is 1. The molecule has 7 heteroatoms. The van der Waals surface area contributed by atoms with Crippen molar-refractivity contribution < 1.29 is 19.5 Å². The van der Waals surface area contributed by atoms with Gasteiger partial charge in [-0.2, -0.15) is 0 Å². The molecule has 0 spiro atoms. The second-order valence-corrected chi connectivity index (χ2v) is 4.99. The molecule has 0 bridgehead atoms. The van der Waals surface area contributed by atoms with E-state index in [9.17, 15) is 4.79 Å². The van der Waals surface area contributed by atoms with Crippen LogP contribution in [0.2, 0.25) is 5.02 Å². The van der Waals surface area contributed by atoms with Gasteiger partial charge in [0.25, 0.3) is 0 Å². The summed E-state index contributed by atoms with van der Waals surface area (Å²) < 4.78 is 10.6. The third-order valence-corrected chi connectivity index (χ3v) is 2.95. The van der Waals surface area contributed by atoms with Crippen LogP contribution in [0.4, 0.5) is 0 Å². The van der Waals surface area contributed by atoms with Crippen molar-refractivity contribution >= 4 is 17.6 Å². The molecule has 0 saturated carbocycles. The fraction of sp³-hybridized carbons (Fsp3) is 0.286. The van der Waals surface area contributed by atoms with Crippen molar-refractivity contribution in [2.24, 2.45) is 0 Å². The lowest BCUT2D eigenvalue weighted by atomic mass is 10.1. The summed E-state index contributed by atoms with van der Waals surface area (Å²) in [5.74, 6) is -0.237. The highest BCUT2D eigenvalue weighted by Gasteiger charge is 2.17. The highest BCUT2D eigenvalue weighted by molar-refractivity contribution is 6.31. The minimum Gasteiger partial charge on any atom is -0.472 e. The molecule has 1 heterocycles. The van der Waals surface area contributed by atoms with Crippen LogP contribution in [0, 0.1) is 0 Å². The molecule has 0 fully saturated rings. The zero-order valence-electron chi connectivity index (χ0n) is 11.6. The summed E-state index contributed by atoms with van der Waals surface area (Å²) in [7, 11) is 0. The van der Waals surface area contributed by atoms with E-state index in [0.717, 1.165) is 0 Å². The Morgan fingerprint density at radius 2 is 2.19 bits per heavy atom. The lowest BCUT2D eigenvalue weighted by molar-refractivity contribution is 0.0374. The first-order chi connectivity index (χ1) is 9.97. The van der Waals surface area contributed by atoms with E-state index in [1.165, 1.54) is 12.3 Å². The first kappa shape index (κ1) is 15.2. The average Bonchev–Trinajstić information content (AvgIpc) is 2.82. The van der Waals surface area contributed by atoms with Crippen LogP contribution in [0.3, 0.4) is 0 Å². The highest BCUT2D eigenvalue weighted by atomic mass is 35.5. The summed E-state index contributed by atoms with van der Waals surface area (Å²) in [6.07, 6.45) is 1.10. The number of hydrogen-bond donors (Lipinski definition) is 1. The Morgan fingerprint density at radius 1 is 1.43 bits per heavy atom. The molecule has 1 aromatic heterocycles. The monoisotopic (exact) mass is 310 g/mol. The summed E-state index contributed by atoms with van der Waals surface area (Å²) in [4.78, 5) is 12.7. The number of benzene rings is 1. The Morgan fingerprint density at radius 3 is 2.81 bits per heavy atom. The van der Waals surface area contributed by atoms with Crippen LogP contribution in [0.5, 0.6) is 5.88 Å². The molecule has 0 aliphatic carbocycles. The molecule has 0 aliphatic heterocycles. The third kappa shape index (κ3) is 3.88. The van der Waals surface area contributed by atoms with Crippen molar-refractivity contribution in [2.45, 2.75) is 26.6 Å². The fourth-order valence-corrected chi connectivity index (χ4v) is 1.92. The number of halogens is 1. The molecule has 0 saturated heterocycles. The van der Waals surface area contributed by atoms with Crippen LogP contribution in [-0.4, -0.2) is 27.2 Å². The van der Waals surface area contributed by atoms with Crippen LogP contribution in [0.15, 0.2) is 30.5 Å². The molecule has 112 valence electrons. The van der Waals surface area contributed by atoms with Gasteiger partial charge in [0.15, 0.2) is 0 Å². The van der Waals surface area contributed by atoms with E-state index in [4.69, 9.17) is 26.3 Å². The molecule has 0 radical (unpaired) electrons. The van der Waals surface area contributed by atoms with E-state index in [1.807, 2.05) is 0 Å². The molecule has 0 atom stereocenters. The largest absolute Gasteiger partial charge is 0.472 e. The standard InChI is InChI=1S/C14H15ClN2O4/c1-9(2)21-14(18)10-4-3-5-12(15)11(10)8-20-13-6-7-17(19)16-13/h3-7,9,19H,8H2,1-2H3. The van der Waals surface area contributed by atoms with Gasteiger partial charge in [0.1, 0.15) is 6.61 Å².